The SMILES string of the molecule is N#CC1CCCN1C(=O)c1ccc([N+](=O)[O-])c(Cl)c1. The van der Waals surface area contributed by atoms with Crippen LogP contribution in [0.3, 0.4) is 0 Å². The topological polar surface area (TPSA) is 87.2 Å². The van der Waals surface area contributed by atoms with E-state index in [2.05, 4.69) is 6.07 Å². The van der Waals surface area contributed by atoms with E-state index in [0.717, 1.165) is 6.42 Å². The van der Waals surface area contributed by atoms with Gasteiger partial charge in [-0.2, -0.15) is 5.26 Å². The molecule has 1 unspecified atom stereocenters. The Hall–Kier alpha value is -2.13. The number of nitro benzene ring substituents is 1. The van der Waals surface area contributed by atoms with Crippen LogP contribution in [0.1, 0.15) is 23.2 Å². The molecule has 0 aromatic heterocycles. The van der Waals surface area contributed by atoms with Gasteiger partial charge in [0.1, 0.15) is 11.1 Å². The van der Waals surface area contributed by atoms with Crippen LogP contribution in [0.4, 0.5) is 5.69 Å². The quantitative estimate of drug-likeness (QED) is 0.614. The third-order valence-corrected chi connectivity index (χ3v) is 3.36. The molecule has 1 fully saturated rings. The lowest BCUT2D eigenvalue weighted by molar-refractivity contribution is -0.384. The fraction of sp³-hybridized carbons (Fsp3) is 0.333. The zero-order valence-electron chi connectivity index (χ0n) is 9.88. The standard InChI is InChI=1S/C12H10ClN3O3/c13-10-6-8(3-4-11(10)16(18)19)12(17)15-5-1-2-9(15)7-14/h3-4,6,9H,1-2,5H2. The number of benzene rings is 1. The molecule has 2 rings (SSSR count). The molecule has 0 bridgehead atoms. The molecular weight excluding hydrogens is 270 g/mol. The van der Waals surface area contributed by atoms with Gasteiger partial charge >= 0.3 is 0 Å². The van der Waals surface area contributed by atoms with Gasteiger partial charge in [0.05, 0.1) is 11.0 Å². The number of hydrogen-bond acceptors (Lipinski definition) is 4. The molecule has 1 aromatic rings. The van der Waals surface area contributed by atoms with Gasteiger partial charge in [0.2, 0.25) is 0 Å². The zero-order chi connectivity index (χ0) is 14.0. The van der Waals surface area contributed by atoms with Gasteiger partial charge < -0.3 is 4.90 Å². The van der Waals surface area contributed by atoms with E-state index in [1.54, 1.807) is 0 Å². The molecule has 0 spiro atoms. The lowest BCUT2D eigenvalue weighted by Crippen LogP contribution is -2.34. The fourth-order valence-corrected chi connectivity index (χ4v) is 2.35. The van der Waals surface area contributed by atoms with Gasteiger partial charge in [0, 0.05) is 18.2 Å². The first-order valence-electron chi connectivity index (χ1n) is 5.69. The Labute approximate surface area is 114 Å². The summed E-state index contributed by atoms with van der Waals surface area (Å²) in [5.74, 6) is -0.319. The van der Waals surface area contributed by atoms with Crippen molar-refractivity contribution in [3.05, 3.63) is 38.9 Å². The first-order chi connectivity index (χ1) is 9.04. The fourth-order valence-electron chi connectivity index (χ4n) is 2.10. The Morgan fingerprint density at radius 2 is 2.32 bits per heavy atom. The van der Waals surface area contributed by atoms with Crippen molar-refractivity contribution in [1.29, 1.82) is 5.26 Å². The van der Waals surface area contributed by atoms with Crippen LogP contribution in [0.5, 0.6) is 0 Å². The lowest BCUT2D eigenvalue weighted by Gasteiger charge is -2.19. The van der Waals surface area contributed by atoms with Crippen molar-refractivity contribution >= 4 is 23.2 Å². The van der Waals surface area contributed by atoms with Gasteiger partial charge in [0.25, 0.3) is 11.6 Å². The molecule has 0 N–H and O–H groups in total. The highest BCUT2D eigenvalue weighted by Gasteiger charge is 2.29. The molecule has 0 radical (unpaired) electrons. The summed E-state index contributed by atoms with van der Waals surface area (Å²) in [4.78, 5) is 23.7. The summed E-state index contributed by atoms with van der Waals surface area (Å²) >= 11 is 5.77. The number of rotatable bonds is 2. The summed E-state index contributed by atoms with van der Waals surface area (Å²) in [6, 6.07) is 5.48. The summed E-state index contributed by atoms with van der Waals surface area (Å²) < 4.78 is 0. The van der Waals surface area contributed by atoms with Gasteiger partial charge in [-0.25, -0.2) is 0 Å². The normalized spacial score (nSPS) is 18.1. The molecule has 0 saturated carbocycles. The third kappa shape index (κ3) is 2.51. The van der Waals surface area contributed by atoms with Crippen molar-refractivity contribution in [1.82, 2.24) is 4.90 Å². The van der Waals surface area contributed by atoms with Crippen LogP contribution < -0.4 is 0 Å². The molecule has 98 valence electrons. The van der Waals surface area contributed by atoms with Crippen LogP contribution in [0, 0.1) is 21.4 Å². The maximum Gasteiger partial charge on any atom is 0.287 e. The molecule has 19 heavy (non-hydrogen) atoms. The molecule has 1 amide bonds. The molecule has 1 heterocycles. The zero-order valence-corrected chi connectivity index (χ0v) is 10.6. The van der Waals surface area contributed by atoms with E-state index in [1.165, 1.54) is 23.1 Å². The van der Waals surface area contributed by atoms with Crippen molar-refractivity contribution in [2.24, 2.45) is 0 Å². The number of carbonyl (C=O) groups is 1. The minimum absolute atomic E-state index is 0.0800. The highest BCUT2D eigenvalue weighted by Crippen LogP contribution is 2.27. The number of hydrogen-bond donors (Lipinski definition) is 0. The Kier molecular flexibility index (Phi) is 3.67. The van der Waals surface area contributed by atoms with Gasteiger partial charge in [0.15, 0.2) is 0 Å². The first-order valence-corrected chi connectivity index (χ1v) is 6.07. The second-order valence-corrected chi connectivity index (χ2v) is 4.62. The number of nitriles is 1. The Morgan fingerprint density at radius 3 is 2.89 bits per heavy atom. The summed E-state index contributed by atoms with van der Waals surface area (Å²) in [5.41, 5.74) is 0.0224. The molecular formula is C12H10ClN3O3. The third-order valence-electron chi connectivity index (χ3n) is 3.05. The maximum absolute atomic E-state index is 12.2. The predicted molar refractivity (Wildman–Crippen MR) is 67.8 cm³/mol. The van der Waals surface area contributed by atoms with Gasteiger partial charge in [-0.3, -0.25) is 14.9 Å². The van der Waals surface area contributed by atoms with Crippen LogP contribution in [0.25, 0.3) is 0 Å². The van der Waals surface area contributed by atoms with Crippen molar-refractivity contribution in [2.75, 3.05) is 6.54 Å². The van der Waals surface area contributed by atoms with E-state index < -0.39 is 11.0 Å². The smallest absolute Gasteiger partial charge is 0.287 e. The van der Waals surface area contributed by atoms with Crippen molar-refractivity contribution in [3.8, 4) is 6.07 Å². The minimum atomic E-state index is -0.607. The average molecular weight is 280 g/mol. The lowest BCUT2D eigenvalue weighted by atomic mass is 10.1. The van der Waals surface area contributed by atoms with E-state index in [0.29, 0.717) is 13.0 Å². The first kappa shape index (κ1) is 13.3. The predicted octanol–water partition coefficient (Wildman–Crippen LogP) is 2.38. The van der Waals surface area contributed by atoms with Crippen LogP contribution in [0.15, 0.2) is 18.2 Å². The molecule has 1 atom stereocenters. The Balaban J connectivity index is 2.28. The monoisotopic (exact) mass is 279 g/mol. The van der Waals surface area contributed by atoms with E-state index in [4.69, 9.17) is 16.9 Å². The number of carbonyl (C=O) groups excluding carboxylic acids is 1. The summed E-state index contributed by atoms with van der Waals surface area (Å²) in [6.07, 6.45) is 1.44. The van der Waals surface area contributed by atoms with Gasteiger partial charge in [-0.05, 0) is 25.0 Å². The highest BCUT2D eigenvalue weighted by atomic mass is 35.5. The molecule has 6 nitrogen and oxygen atoms in total. The molecule has 1 aliphatic rings. The average Bonchev–Trinajstić information content (AvgIpc) is 2.85. The number of halogens is 1. The number of likely N-dealkylation sites (tertiary alicyclic amines) is 1. The van der Waals surface area contributed by atoms with Crippen molar-refractivity contribution in [2.45, 2.75) is 18.9 Å². The number of amides is 1. The van der Waals surface area contributed by atoms with Gasteiger partial charge in [-0.1, -0.05) is 11.6 Å². The van der Waals surface area contributed by atoms with Crippen LogP contribution in [-0.4, -0.2) is 28.3 Å². The molecule has 1 saturated heterocycles. The number of nitro groups is 1. The van der Waals surface area contributed by atoms with E-state index in [9.17, 15) is 14.9 Å². The van der Waals surface area contributed by atoms with Gasteiger partial charge in [-0.15, -0.1) is 0 Å². The summed E-state index contributed by atoms with van der Waals surface area (Å²) in [7, 11) is 0. The minimum Gasteiger partial charge on any atom is -0.323 e. The summed E-state index contributed by atoms with van der Waals surface area (Å²) in [5, 5.41) is 19.5. The Morgan fingerprint density at radius 1 is 1.58 bits per heavy atom. The number of nitrogens with zero attached hydrogens (tertiary/aromatic N) is 3. The van der Waals surface area contributed by atoms with Crippen molar-refractivity contribution in [3.63, 3.8) is 0 Å². The highest BCUT2D eigenvalue weighted by molar-refractivity contribution is 6.33. The second-order valence-electron chi connectivity index (χ2n) is 4.21. The van der Waals surface area contributed by atoms with Crippen LogP contribution >= 0.6 is 11.6 Å². The van der Waals surface area contributed by atoms with E-state index in [1.807, 2.05) is 0 Å². The summed E-state index contributed by atoms with van der Waals surface area (Å²) in [6.45, 7) is 0.520. The second kappa shape index (κ2) is 5.24. The van der Waals surface area contributed by atoms with Crippen LogP contribution in [0.2, 0.25) is 5.02 Å². The molecule has 7 heteroatoms. The van der Waals surface area contributed by atoms with Crippen LogP contribution in [-0.2, 0) is 0 Å². The maximum atomic E-state index is 12.2. The van der Waals surface area contributed by atoms with E-state index >= 15 is 0 Å². The largest absolute Gasteiger partial charge is 0.323 e. The molecule has 0 aliphatic carbocycles. The molecule has 1 aromatic carbocycles. The Bertz CT molecular complexity index is 582. The van der Waals surface area contributed by atoms with Crippen molar-refractivity contribution < 1.29 is 9.72 Å². The molecule has 1 aliphatic heterocycles. The van der Waals surface area contributed by atoms with E-state index in [-0.39, 0.29) is 22.2 Å².